The van der Waals surface area contributed by atoms with E-state index in [1.165, 1.54) is 6.07 Å². The lowest BCUT2D eigenvalue weighted by Gasteiger charge is -2.03. The Morgan fingerprint density at radius 2 is 1.79 bits per heavy atom. The molecular weight excluding hydrogens is 318 g/mol. The van der Waals surface area contributed by atoms with E-state index in [1.54, 1.807) is 24.3 Å². The lowest BCUT2D eigenvalue weighted by molar-refractivity contribution is -0.393. The highest BCUT2D eigenvalue weighted by Crippen LogP contribution is 2.29. The van der Waals surface area contributed by atoms with Crippen LogP contribution in [0.15, 0.2) is 47.6 Å². The van der Waals surface area contributed by atoms with Crippen molar-refractivity contribution in [1.82, 2.24) is 0 Å². The number of para-hydroxylation sites is 1. The molecule has 2 aromatic carbocycles. The number of non-ortho nitro benzene ring substituents is 1. The van der Waals surface area contributed by atoms with Gasteiger partial charge in [-0.3, -0.25) is 30.4 Å². The number of benzene rings is 2. The molecule has 1 amide bonds. The number of nitrogens with one attached hydrogen (secondary N) is 2. The minimum Gasteiger partial charge on any atom is -0.320 e. The Balaban J connectivity index is 1.96. The number of carbonyl (C=O) groups is 1. The van der Waals surface area contributed by atoms with Crippen molar-refractivity contribution in [2.75, 3.05) is 10.7 Å². The smallest absolute Gasteiger partial charge is 0.301 e. The first-order chi connectivity index (χ1) is 11.5. The lowest BCUT2D eigenvalue weighted by Crippen LogP contribution is -2.16. The zero-order valence-corrected chi connectivity index (χ0v) is 11.9. The zero-order chi connectivity index (χ0) is 17.3. The third-order valence-electron chi connectivity index (χ3n) is 3.32. The van der Waals surface area contributed by atoms with Crippen LogP contribution in [-0.4, -0.2) is 21.5 Å². The van der Waals surface area contributed by atoms with Gasteiger partial charge in [-0.2, -0.15) is 5.10 Å². The number of nitro benzene ring substituents is 2. The summed E-state index contributed by atoms with van der Waals surface area (Å²) in [4.78, 5) is 32.2. The molecule has 0 aromatic heterocycles. The largest absolute Gasteiger partial charge is 0.320 e. The van der Waals surface area contributed by atoms with Crippen LogP contribution in [0.5, 0.6) is 0 Å². The van der Waals surface area contributed by atoms with Crippen LogP contribution in [-0.2, 0) is 4.79 Å². The Kier molecular flexibility index (Phi) is 3.62. The Bertz CT molecular complexity index is 908. The molecule has 1 aliphatic heterocycles. The second-order valence-corrected chi connectivity index (χ2v) is 4.79. The number of hydrogen-bond donors (Lipinski definition) is 2. The first-order valence-electron chi connectivity index (χ1n) is 6.64. The lowest BCUT2D eigenvalue weighted by atomic mass is 10.1. The van der Waals surface area contributed by atoms with E-state index in [1.807, 2.05) is 0 Å². The molecule has 0 aliphatic carbocycles. The number of hydrazone groups is 1. The predicted octanol–water partition coefficient (Wildman–Crippen LogP) is 2.27. The molecule has 0 unspecified atom stereocenters. The Hall–Kier alpha value is -3.82. The zero-order valence-electron chi connectivity index (χ0n) is 11.9. The van der Waals surface area contributed by atoms with E-state index in [2.05, 4.69) is 15.8 Å². The van der Waals surface area contributed by atoms with Crippen molar-refractivity contribution in [3.8, 4) is 0 Å². The second-order valence-electron chi connectivity index (χ2n) is 4.79. The summed E-state index contributed by atoms with van der Waals surface area (Å²) < 4.78 is 0. The fraction of sp³-hybridized carbons (Fsp3) is 0. The summed E-state index contributed by atoms with van der Waals surface area (Å²) >= 11 is 0. The number of anilines is 2. The molecule has 10 heteroatoms. The predicted molar refractivity (Wildman–Crippen MR) is 85.0 cm³/mol. The maximum atomic E-state index is 11.9. The second kappa shape index (κ2) is 5.76. The highest BCUT2D eigenvalue weighted by atomic mass is 16.6. The first-order valence-corrected chi connectivity index (χ1v) is 6.64. The van der Waals surface area contributed by atoms with E-state index in [4.69, 9.17) is 0 Å². The van der Waals surface area contributed by atoms with Crippen LogP contribution in [0.25, 0.3) is 0 Å². The van der Waals surface area contributed by atoms with Gasteiger partial charge < -0.3 is 5.32 Å². The molecule has 0 radical (unpaired) electrons. The summed E-state index contributed by atoms with van der Waals surface area (Å²) in [6, 6.07) is 9.95. The normalized spacial score (nSPS) is 14.2. The number of nitrogens with zero attached hydrogens (tertiary/aromatic N) is 3. The van der Waals surface area contributed by atoms with E-state index in [9.17, 15) is 25.0 Å². The van der Waals surface area contributed by atoms with Crippen molar-refractivity contribution in [2.45, 2.75) is 0 Å². The van der Waals surface area contributed by atoms with E-state index in [0.29, 0.717) is 11.3 Å². The molecule has 1 aliphatic rings. The molecule has 0 saturated carbocycles. The van der Waals surface area contributed by atoms with Gasteiger partial charge in [-0.05, 0) is 12.1 Å². The summed E-state index contributed by atoms with van der Waals surface area (Å²) in [6.45, 7) is 0. The van der Waals surface area contributed by atoms with Crippen molar-refractivity contribution in [2.24, 2.45) is 5.10 Å². The Labute approximate surface area is 134 Å². The van der Waals surface area contributed by atoms with E-state index >= 15 is 0 Å². The molecule has 0 bridgehead atoms. The molecule has 0 fully saturated rings. The number of fused-ring (bicyclic) bond motifs is 1. The summed E-state index contributed by atoms with van der Waals surface area (Å²) in [5, 5.41) is 28.3. The summed E-state index contributed by atoms with van der Waals surface area (Å²) in [7, 11) is 0. The van der Waals surface area contributed by atoms with E-state index in [0.717, 1.165) is 12.1 Å². The number of rotatable bonds is 4. The SMILES string of the molecule is O=C1Nc2ccccc2/C1=N/Nc1ccc([N+](=O)[O-])cc1[N+](=O)[O-]. The van der Waals surface area contributed by atoms with E-state index < -0.39 is 27.1 Å². The molecule has 24 heavy (non-hydrogen) atoms. The van der Waals surface area contributed by atoms with Crippen LogP contribution in [0.2, 0.25) is 0 Å². The molecule has 0 atom stereocenters. The fourth-order valence-electron chi connectivity index (χ4n) is 2.21. The van der Waals surface area contributed by atoms with Gasteiger partial charge >= 0.3 is 5.69 Å². The maximum absolute atomic E-state index is 11.9. The molecule has 1 heterocycles. The number of amides is 1. The Morgan fingerprint density at radius 3 is 2.50 bits per heavy atom. The van der Waals surface area contributed by atoms with Crippen molar-refractivity contribution in [3.63, 3.8) is 0 Å². The van der Waals surface area contributed by atoms with Crippen LogP contribution in [0.3, 0.4) is 0 Å². The van der Waals surface area contributed by atoms with Crippen molar-refractivity contribution < 1.29 is 14.6 Å². The van der Waals surface area contributed by atoms with Crippen molar-refractivity contribution >= 4 is 34.4 Å². The van der Waals surface area contributed by atoms with Gasteiger partial charge in [0, 0.05) is 11.6 Å². The third-order valence-corrected chi connectivity index (χ3v) is 3.32. The van der Waals surface area contributed by atoms with Gasteiger partial charge in [-0.25, -0.2) is 0 Å². The molecule has 0 spiro atoms. The van der Waals surface area contributed by atoms with Crippen LogP contribution < -0.4 is 10.7 Å². The molecule has 120 valence electrons. The van der Waals surface area contributed by atoms with Crippen LogP contribution in [0.1, 0.15) is 5.56 Å². The molecule has 3 rings (SSSR count). The molecule has 2 N–H and O–H groups in total. The van der Waals surface area contributed by atoms with Gasteiger partial charge in [0.2, 0.25) is 0 Å². The topological polar surface area (TPSA) is 140 Å². The van der Waals surface area contributed by atoms with E-state index in [-0.39, 0.29) is 11.4 Å². The minimum atomic E-state index is -0.766. The molecule has 10 nitrogen and oxygen atoms in total. The number of nitro groups is 2. The first kappa shape index (κ1) is 15.1. The van der Waals surface area contributed by atoms with Crippen molar-refractivity contribution in [1.29, 1.82) is 0 Å². The van der Waals surface area contributed by atoms with Gasteiger partial charge in [0.25, 0.3) is 11.6 Å². The average Bonchev–Trinajstić information content (AvgIpc) is 2.87. The highest BCUT2D eigenvalue weighted by Gasteiger charge is 2.26. The maximum Gasteiger partial charge on any atom is 0.301 e. The van der Waals surface area contributed by atoms with Crippen LogP contribution in [0, 0.1) is 20.2 Å². The average molecular weight is 327 g/mol. The monoisotopic (exact) mass is 327 g/mol. The molecule has 0 saturated heterocycles. The number of hydrogen-bond acceptors (Lipinski definition) is 7. The van der Waals surface area contributed by atoms with Gasteiger partial charge in [0.1, 0.15) is 5.69 Å². The minimum absolute atomic E-state index is 0.0599. The quantitative estimate of drug-likeness (QED) is 0.652. The fourth-order valence-corrected chi connectivity index (χ4v) is 2.21. The number of carbonyl (C=O) groups excluding carboxylic acids is 1. The van der Waals surface area contributed by atoms with Crippen LogP contribution >= 0.6 is 0 Å². The molecular formula is C14H9N5O5. The van der Waals surface area contributed by atoms with Crippen molar-refractivity contribution in [3.05, 3.63) is 68.3 Å². The summed E-state index contributed by atoms with van der Waals surface area (Å²) in [5.41, 5.74) is 2.66. The highest BCUT2D eigenvalue weighted by molar-refractivity contribution is 6.53. The molecule has 2 aromatic rings. The van der Waals surface area contributed by atoms with Crippen LogP contribution in [0.4, 0.5) is 22.7 Å². The summed E-state index contributed by atoms with van der Waals surface area (Å²) in [6.07, 6.45) is 0. The van der Waals surface area contributed by atoms with Gasteiger partial charge in [-0.1, -0.05) is 18.2 Å². The third kappa shape index (κ3) is 2.63. The summed E-state index contributed by atoms with van der Waals surface area (Å²) in [5.74, 6) is -0.451. The van der Waals surface area contributed by atoms with Gasteiger partial charge in [0.05, 0.1) is 21.6 Å². The standard InChI is InChI=1S/C14H9N5O5/c20-14-13(9-3-1-2-4-10(9)15-14)17-16-11-6-5-8(18(21)22)7-12(11)19(23)24/h1-7,16H,(H,15,17,20). The van der Waals surface area contributed by atoms with Gasteiger partial charge in [0.15, 0.2) is 5.71 Å². The Morgan fingerprint density at radius 1 is 1.04 bits per heavy atom. The van der Waals surface area contributed by atoms with Gasteiger partial charge in [-0.15, -0.1) is 0 Å².